The molecule has 3 aliphatic rings. The first kappa shape index (κ1) is 64.8. The summed E-state index contributed by atoms with van der Waals surface area (Å²) in [4.78, 5) is 133. The second-order valence-electron chi connectivity index (χ2n) is 24.1. The van der Waals surface area contributed by atoms with Crippen molar-refractivity contribution in [2.45, 2.75) is 194 Å². The van der Waals surface area contributed by atoms with Crippen LogP contribution < -0.4 is 37.2 Å². The number of amides is 9. The molecule has 8 atom stereocenters. The van der Waals surface area contributed by atoms with E-state index in [9.17, 15) is 43.2 Å². The molecule has 1 saturated carbocycles. The van der Waals surface area contributed by atoms with E-state index < -0.39 is 113 Å². The van der Waals surface area contributed by atoms with Gasteiger partial charge in [0.15, 0.2) is 0 Å². The molecule has 19 heteroatoms. The summed E-state index contributed by atoms with van der Waals surface area (Å²) in [6.45, 7) is 16.8. The third-order valence-corrected chi connectivity index (χ3v) is 16.8. The van der Waals surface area contributed by atoms with E-state index in [0.717, 1.165) is 43.2 Å². The zero-order valence-electron chi connectivity index (χ0n) is 49.2. The molecule has 18 nitrogen and oxygen atoms in total. The van der Waals surface area contributed by atoms with Crippen LogP contribution in [0.15, 0.2) is 60.7 Å². The van der Waals surface area contributed by atoms with Gasteiger partial charge in [0.25, 0.3) is 0 Å². The lowest BCUT2D eigenvalue weighted by molar-refractivity contribution is -0.148. The van der Waals surface area contributed by atoms with E-state index in [4.69, 9.17) is 0 Å². The summed E-state index contributed by atoms with van der Waals surface area (Å²) in [6, 6.07) is 10.9. The molecule has 2 aromatic rings. The van der Waals surface area contributed by atoms with Gasteiger partial charge in [-0.05, 0) is 86.2 Å². The highest BCUT2D eigenvalue weighted by Crippen LogP contribution is 2.32. The molecule has 2 saturated heterocycles. The number of likely N-dealkylation sites (N-methyl/N-ethyl adjacent to an activating group) is 1. The number of thioether (sulfide) groups is 1. The molecule has 9 amide bonds. The minimum absolute atomic E-state index is 0.0550. The molecular formula is C61H93N9O9S. The van der Waals surface area contributed by atoms with Crippen LogP contribution in [0.3, 0.4) is 0 Å². The van der Waals surface area contributed by atoms with E-state index in [-0.39, 0.29) is 69.2 Å². The Kier molecular flexibility index (Phi) is 25.4. The number of benzene rings is 2. The maximum Gasteiger partial charge on any atom is 0.246 e. The minimum atomic E-state index is -1.42. The number of nitrogens with one attached hydrogen (secondary N) is 7. The van der Waals surface area contributed by atoms with Crippen LogP contribution in [0.25, 0.3) is 0 Å². The average Bonchev–Trinajstić information content (AvgIpc) is 3.83. The molecule has 1 aliphatic carbocycles. The predicted molar refractivity (Wildman–Crippen MR) is 313 cm³/mol. The van der Waals surface area contributed by atoms with Crippen LogP contribution in [-0.2, 0) is 56.0 Å². The molecule has 2 heterocycles. The second-order valence-corrected chi connectivity index (χ2v) is 25.2. The molecular weight excluding hydrogens is 1030 g/mol. The number of carbonyl (C=O) groups is 9. The third-order valence-electron chi connectivity index (χ3n) is 15.8. The minimum Gasteiger partial charge on any atom is -0.353 e. The molecule has 0 spiro atoms. The molecule has 0 bridgehead atoms. The average molecular weight is 1130 g/mol. The van der Waals surface area contributed by atoms with E-state index >= 15 is 0 Å². The molecule has 442 valence electrons. The lowest BCUT2D eigenvalue weighted by Crippen LogP contribution is -2.64. The Balaban J connectivity index is 1.52. The van der Waals surface area contributed by atoms with Gasteiger partial charge in [0.1, 0.15) is 47.8 Å². The quantitative estimate of drug-likeness (QED) is 0.138. The third kappa shape index (κ3) is 19.1. The fourth-order valence-electron chi connectivity index (χ4n) is 11.1. The summed E-state index contributed by atoms with van der Waals surface area (Å²) in [6.07, 6.45) is 7.74. The first-order valence-corrected chi connectivity index (χ1v) is 30.5. The van der Waals surface area contributed by atoms with E-state index in [1.54, 1.807) is 41.7 Å². The largest absolute Gasteiger partial charge is 0.353 e. The zero-order valence-corrected chi connectivity index (χ0v) is 50.0. The summed E-state index contributed by atoms with van der Waals surface area (Å²) >= 11 is 1.25. The van der Waals surface area contributed by atoms with Crippen molar-refractivity contribution in [1.82, 2.24) is 47.0 Å². The lowest BCUT2D eigenvalue weighted by atomic mass is 9.85. The Morgan fingerprint density at radius 3 is 1.71 bits per heavy atom. The van der Waals surface area contributed by atoms with Crippen LogP contribution in [0.2, 0.25) is 0 Å². The van der Waals surface area contributed by atoms with Crippen LogP contribution in [-0.4, -0.2) is 142 Å². The highest BCUT2D eigenvalue weighted by Gasteiger charge is 2.49. The Morgan fingerprint density at radius 1 is 0.562 bits per heavy atom. The van der Waals surface area contributed by atoms with Gasteiger partial charge in [-0.2, -0.15) is 11.8 Å². The number of hydrogen-bond acceptors (Lipinski definition) is 10. The predicted octanol–water partition coefficient (Wildman–Crippen LogP) is 5.22. The van der Waals surface area contributed by atoms with Gasteiger partial charge in [0.2, 0.25) is 53.2 Å². The van der Waals surface area contributed by atoms with Crippen LogP contribution in [0.5, 0.6) is 0 Å². The van der Waals surface area contributed by atoms with Crippen molar-refractivity contribution in [3.63, 3.8) is 0 Å². The molecule has 0 radical (unpaired) electrons. The fourth-order valence-corrected chi connectivity index (χ4v) is 11.8. The van der Waals surface area contributed by atoms with Crippen molar-refractivity contribution >= 4 is 64.9 Å². The Morgan fingerprint density at radius 2 is 1.11 bits per heavy atom. The van der Waals surface area contributed by atoms with Crippen LogP contribution >= 0.6 is 11.8 Å². The highest BCUT2D eigenvalue weighted by molar-refractivity contribution is 7.99. The molecule has 7 N–H and O–H groups in total. The van der Waals surface area contributed by atoms with E-state index in [2.05, 4.69) is 37.2 Å². The number of rotatable bonds is 13. The van der Waals surface area contributed by atoms with Gasteiger partial charge in [-0.1, -0.05) is 148 Å². The van der Waals surface area contributed by atoms with Crippen molar-refractivity contribution in [1.29, 1.82) is 0 Å². The second kappa shape index (κ2) is 31.3. The highest BCUT2D eigenvalue weighted by atomic mass is 32.2. The number of carbonyl (C=O) groups excluding carboxylic acids is 9. The molecule has 80 heavy (non-hydrogen) atoms. The molecule has 0 aromatic heterocycles. The Labute approximate surface area is 479 Å². The maximum atomic E-state index is 14.8. The summed E-state index contributed by atoms with van der Waals surface area (Å²) in [5.41, 5.74) is 0.164. The first-order chi connectivity index (χ1) is 38.0. The smallest absolute Gasteiger partial charge is 0.246 e. The standard InChI is InChI=1S/C61H93N9O9S/c1-38(2)33-46-54(73)64-45(28-27-42-21-14-11-15-22-42)53(72)66-48(34-39(3)4)58(77)69(10)49(36-44-25-18-13-19-26-44)56(75)62-30-32-80-37-50(71)63-47(35-43-23-16-12-17-24-43)55(74)67-52(41(7)8)59(78)70-31-20-29-61(70,9)60(79)68-51(40(5)6)57(76)65-46/h12-13,16-19,23-26,38-42,45-49,51-52H,11,14-15,20-22,27-37H2,1-10H3,(H,62,75)(H,63,71)(H,64,73)(H,65,76)(H,66,72)(H,67,74)(H,68,79)/t45-,46-,47-,48-,49-,51-,52-,61-/m0/s1. The molecule has 0 unspecified atom stereocenters. The first-order valence-electron chi connectivity index (χ1n) is 29.3. The van der Waals surface area contributed by atoms with Gasteiger partial charge in [-0.25, -0.2) is 0 Å². The summed E-state index contributed by atoms with van der Waals surface area (Å²) in [7, 11) is 1.55. The van der Waals surface area contributed by atoms with E-state index in [1.807, 2.05) is 88.4 Å². The number of hydrogen-bond donors (Lipinski definition) is 7. The lowest BCUT2D eigenvalue weighted by Gasteiger charge is -2.38. The van der Waals surface area contributed by atoms with Gasteiger partial charge in [-0.15, -0.1) is 0 Å². The van der Waals surface area contributed by atoms with Crippen molar-refractivity contribution in [3.8, 4) is 0 Å². The van der Waals surface area contributed by atoms with Gasteiger partial charge in [0.05, 0.1) is 5.75 Å². The Hall–Kier alpha value is -5.98. The van der Waals surface area contributed by atoms with Crippen LogP contribution in [0.1, 0.15) is 144 Å². The Bertz CT molecular complexity index is 2400. The zero-order chi connectivity index (χ0) is 58.7. The van der Waals surface area contributed by atoms with E-state index in [0.29, 0.717) is 24.5 Å². The van der Waals surface area contributed by atoms with Gasteiger partial charge >= 0.3 is 0 Å². The van der Waals surface area contributed by atoms with Crippen LogP contribution in [0, 0.1) is 29.6 Å². The number of nitrogens with zero attached hydrogens (tertiary/aromatic N) is 2. The van der Waals surface area contributed by atoms with Crippen molar-refractivity contribution < 1.29 is 43.2 Å². The molecule has 2 aliphatic heterocycles. The van der Waals surface area contributed by atoms with Crippen molar-refractivity contribution in [3.05, 3.63) is 71.8 Å². The molecule has 2 aromatic carbocycles. The number of fused-ring (bicyclic) bond motifs is 1. The topological polar surface area (TPSA) is 244 Å². The maximum absolute atomic E-state index is 14.8. The molecule has 3 fully saturated rings. The summed E-state index contributed by atoms with van der Waals surface area (Å²) in [5, 5.41) is 20.6. The van der Waals surface area contributed by atoms with Crippen molar-refractivity contribution in [2.24, 2.45) is 29.6 Å². The van der Waals surface area contributed by atoms with Crippen LogP contribution in [0.4, 0.5) is 0 Å². The summed E-state index contributed by atoms with van der Waals surface area (Å²) in [5.74, 6) is -5.18. The SMILES string of the molecule is CC(C)C[C@@H]1NC(=O)[C@H](C(C)C)NC(=O)[C@]2(C)CCCN2C(=O)[C@H](C(C)C)NC(=O)[C@H](Cc2ccccc2)NC(=O)CSCCNC(=O)[C@H](Cc2ccccc2)N(C)C(=O)[C@H](CC(C)C)NC(=O)[C@H](CCC2CCCCC2)NC1=O. The summed E-state index contributed by atoms with van der Waals surface area (Å²) < 4.78 is 0. The van der Waals surface area contributed by atoms with Crippen molar-refractivity contribution in [2.75, 3.05) is 31.6 Å². The van der Waals surface area contributed by atoms with E-state index in [1.165, 1.54) is 21.6 Å². The van der Waals surface area contributed by atoms with Gasteiger partial charge in [-0.3, -0.25) is 43.2 Å². The monoisotopic (exact) mass is 1130 g/mol. The fraction of sp³-hybridized carbons (Fsp3) is 0.656. The normalized spacial score (nSPS) is 26.8. The molecule has 5 rings (SSSR count). The van der Waals surface area contributed by atoms with Gasteiger partial charge in [0, 0.05) is 38.7 Å². The van der Waals surface area contributed by atoms with Gasteiger partial charge < -0.3 is 47.0 Å².